The molecule has 4 aromatic heterocycles. The molecule has 0 spiro atoms. The van der Waals surface area contributed by atoms with Gasteiger partial charge in [-0.1, -0.05) is 12.2 Å². The Morgan fingerprint density at radius 2 is 2.14 bits per heavy atom. The van der Waals surface area contributed by atoms with Crippen molar-refractivity contribution in [2.45, 2.75) is 38.3 Å². The van der Waals surface area contributed by atoms with Crippen molar-refractivity contribution in [2.75, 3.05) is 25.3 Å². The standard InChI is InChI=1S/C19H25N9O6P2S/c20-19-25-17-15(18(29)26-19)23-9-28(17)14-2-1-11(34-14)6-33-36(30,37)32-4-3-27-13(7-31-10-35)24-12-5-21-8-22-16(12)27/h5,8-9,11,14H,1-4,6-7,10,35H2,(H,30,37)(H3,20,25,26,29). The molecule has 0 saturated carbocycles. The molecule has 3 N–H and O–H groups in total. The molecule has 0 bridgehead atoms. The van der Waals surface area contributed by atoms with Crippen LogP contribution < -0.4 is 11.3 Å². The Labute approximate surface area is 217 Å². The normalized spacial score (nSPS) is 19.6. The molecule has 0 radical (unpaired) electrons. The van der Waals surface area contributed by atoms with Gasteiger partial charge in [-0.2, -0.15) is 4.98 Å². The molecule has 4 atom stereocenters. The van der Waals surface area contributed by atoms with E-state index < -0.39 is 18.6 Å². The highest BCUT2D eigenvalue weighted by molar-refractivity contribution is 8.44. The van der Waals surface area contributed by atoms with Crippen LogP contribution in [0.4, 0.5) is 5.95 Å². The average molecular weight is 569 g/mol. The molecule has 18 heteroatoms. The molecule has 1 saturated heterocycles. The second kappa shape index (κ2) is 11.1. The minimum atomic E-state index is -3.67. The smallest absolute Gasteiger partial charge is 0.370 e. The highest BCUT2D eigenvalue weighted by Crippen LogP contribution is 2.53. The molecule has 4 aromatic rings. The zero-order valence-corrected chi connectivity index (χ0v) is 22.4. The summed E-state index contributed by atoms with van der Waals surface area (Å²) in [5, 5.41) is 0. The first-order valence-electron chi connectivity index (χ1n) is 11.3. The Morgan fingerprint density at radius 1 is 1.27 bits per heavy atom. The third-order valence-electron chi connectivity index (χ3n) is 5.68. The van der Waals surface area contributed by atoms with E-state index in [0.29, 0.717) is 48.4 Å². The second-order valence-corrected chi connectivity index (χ2v) is 11.3. The number of nitrogen functional groups attached to an aromatic ring is 1. The zero-order chi connectivity index (χ0) is 26.0. The highest BCUT2D eigenvalue weighted by Gasteiger charge is 2.31. The maximum absolute atomic E-state index is 12.8. The van der Waals surface area contributed by atoms with E-state index in [-0.39, 0.29) is 37.4 Å². The van der Waals surface area contributed by atoms with E-state index in [0.717, 1.165) is 0 Å². The van der Waals surface area contributed by atoms with E-state index in [1.54, 1.807) is 10.8 Å². The van der Waals surface area contributed by atoms with Crippen molar-refractivity contribution in [3.05, 3.63) is 35.0 Å². The minimum absolute atomic E-state index is 0.00848. The Hall–Kier alpha value is -2.45. The minimum Gasteiger partial charge on any atom is -0.370 e. The summed E-state index contributed by atoms with van der Waals surface area (Å²) < 4.78 is 38.7. The maximum atomic E-state index is 12.8. The fourth-order valence-corrected chi connectivity index (χ4v) is 5.35. The molecule has 0 aliphatic carbocycles. The van der Waals surface area contributed by atoms with E-state index in [1.165, 1.54) is 12.7 Å². The number of aromatic nitrogens is 8. The molecule has 198 valence electrons. The quantitative estimate of drug-likeness (QED) is 0.175. The van der Waals surface area contributed by atoms with Gasteiger partial charge in [0.25, 0.3) is 5.56 Å². The molecule has 4 unspecified atom stereocenters. The van der Waals surface area contributed by atoms with Crippen LogP contribution in [0.1, 0.15) is 24.9 Å². The summed E-state index contributed by atoms with van der Waals surface area (Å²) in [5.41, 5.74) is 6.98. The largest absolute Gasteiger partial charge is 0.386 e. The van der Waals surface area contributed by atoms with E-state index >= 15 is 0 Å². The van der Waals surface area contributed by atoms with Gasteiger partial charge in [0.15, 0.2) is 16.8 Å². The number of fused-ring (bicyclic) bond motifs is 2. The van der Waals surface area contributed by atoms with Gasteiger partial charge >= 0.3 is 6.80 Å². The molecule has 37 heavy (non-hydrogen) atoms. The zero-order valence-electron chi connectivity index (χ0n) is 19.5. The van der Waals surface area contributed by atoms with Crippen LogP contribution in [0.15, 0.2) is 23.6 Å². The molecular weight excluding hydrogens is 544 g/mol. The number of imidazole rings is 2. The number of anilines is 1. The van der Waals surface area contributed by atoms with Crippen LogP contribution >= 0.6 is 28.3 Å². The molecule has 15 nitrogen and oxygen atoms in total. The summed E-state index contributed by atoms with van der Waals surface area (Å²) in [4.78, 5) is 35.4. The Kier molecular flexibility index (Phi) is 7.86. The van der Waals surface area contributed by atoms with E-state index in [2.05, 4.69) is 51.4 Å². The highest BCUT2D eigenvalue weighted by atomic mass is 32.7. The molecule has 1 aliphatic rings. The number of nitrogens with zero attached hydrogens (tertiary/aromatic N) is 7. The number of nitrogens with one attached hydrogen (secondary N) is 1. The lowest BCUT2D eigenvalue weighted by Gasteiger charge is -2.18. The fraction of sp³-hybridized carbons (Fsp3) is 0.474. The Balaban J connectivity index is 1.16. The molecule has 0 aromatic carbocycles. The van der Waals surface area contributed by atoms with Crippen LogP contribution in [0.25, 0.3) is 22.3 Å². The third-order valence-corrected chi connectivity index (χ3v) is 7.59. The molecule has 5 rings (SSSR count). The van der Waals surface area contributed by atoms with Crippen molar-refractivity contribution >= 4 is 56.6 Å². The van der Waals surface area contributed by atoms with E-state index in [4.69, 9.17) is 24.3 Å². The van der Waals surface area contributed by atoms with Gasteiger partial charge in [0.2, 0.25) is 5.95 Å². The number of nitrogens with two attached hydrogens (primary N) is 1. The number of hydrogen-bond donors (Lipinski definition) is 3. The van der Waals surface area contributed by atoms with Crippen molar-refractivity contribution in [3.8, 4) is 0 Å². The summed E-state index contributed by atoms with van der Waals surface area (Å²) in [7, 11) is 2.48. The molecule has 5 heterocycles. The van der Waals surface area contributed by atoms with Gasteiger partial charge in [0, 0.05) is 6.54 Å². The number of thiol groups is 1. The van der Waals surface area contributed by atoms with Gasteiger partial charge in [-0.05, 0) is 12.8 Å². The number of aromatic amines is 1. The topological polar surface area (TPSA) is 187 Å². The van der Waals surface area contributed by atoms with Crippen molar-refractivity contribution in [2.24, 2.45) is 0 Å². The number of rotatable bonds is 11. The summed E-state index contributed by atoms with van der Waals surface area (Å²) in [6, 6.07) is 0. The number of hydrogen-bond acceptors (Lipinski definition) is 12. The molecule has 0 amide bonds. The third kappa shape index (κ3) is 5.85. The number of ether oxygens (including phenoxy) is 2. The lowest BCUT2D eigenvalue weighted by atomic mass is 10.2. The Bertz CT molecular complexity index is 1510. The lowest BCUT2D eigenvalue weighted by molar-refractivity contribution is -0.0175. The van der Waals surface area contributed by atoms with Gasteiger partial charge in [-0.25, -0.2) is 24.5 Å². The first-order valence-corrected chi connectivity index (χ1v) is 14.8. The predicted molar refractivity (Wildman–Crippen MR) is 139 cm³/mol. The summed E-state index contributed by atoms with van der Waals surface area (Å²) in [5.74, 6) is 0.637. The van der Waals surface area contributed by atoms with E-state index in [1.807, 2.05) is 4.57 Å². The van der Waals surface area contributed by atoms with Crippen molar-refractivity contribution in [1.29, 1.82) is 0 Å². The van der Waals surface area contributed by atoms with Crippen LogP contribution in [0.5, 0.6) is 0 Å². The van der Waals surface area contributed by atoms with Gasteiger partial charge in [0.1, 0.15) is 30.5 Å². The summed E-state index contributed by atoms with van der Waals surface area (Å²) in [6.45, 7) is -3.04. The van der Waals surface area contributed by atoms with Crippen molar-refractivity contribution < 1.29 is 23.1 Å². The van der Waals surface area contributed by atoms with Gasteiger partial charge in [0.05, 0.1) is 38.2 Å². The summed E-state index contributed by atoms with van der Waals surface area (Å²) in [6.07, 6.45) is 5.42. The first kappa shape index (κ1) is 26.2. The maximum Gasteiger partial charge on any atom is 0.386 e. The van der Waals surface area contributed by atoms with Crippen LogP contribution in [0.2, 0.25) is 0 Å². The van der Waals surface area contributed by atoms with Gasteiger partial charge in [-0.15, -0.1) is 9.24 Å². The van der Waals surface area contributed by atoms with Gasteiger partial charge < -0.3 is 19.8 Å². The Morgan fingerprint density at radius 3 is 2.97 bits per heavy atom. The predicted octanol–water partition coefficient (Wildman–Crippen LogP) is 1.64. The van der Waals surface area contributed by atoms with Gasteiger partial charge in [-0.3, -0.25) is 23.4 Å². The van der Waals surface area contributed by atoms with Crippen LogP contribution in [-0.4, -0.2) is 64.7 Å². The second-order valence-electron chi connectivity index (χ2n) is 8.09. The lowest BCUT2D eigenvalue weighted by Crippen LogP contribution is -2.17. The molecular formula is C19H25N9O6P2S. The monoisotopic (exact) mass is 569 g/mol. The first-order chi connectivity index (χ1) is 17.8. The SMILES string of the molecule is Nc1nc2c(ncn2C2CCC(COP(=O)(S)OCCn3c(COCP)nc4cncnc43)O2)c(=O)[nH]1. The van der Waals surface area contributed by atoms with Crippen molar-refractivity contribution in [3.63, 3.8) is 0 Å². The summed E-state index contributed by atoms with van der Waals surface area (Å²) >= 11 is 4.10. The molecule has 1 aliphatic heterocycles. The van der Waals surface area contributed by atoms with Crippen LogP contribution in [0, 0.1) is 0 Å². The number of H-pyrrole nitrogens is 1. The molecule has 1 fully saturated rings. The van der Waals surface area contributed by atoms with Crippen molar-refractivity contribution in [1.82, 2.24) is 39.0 Å². The van der Waals surface area contributed by atoms with Crippen LogP contribution in [-0.2, 0) is 36.2 Å². The van der Waals surface area contributed by atoms with E-state index in [9.17, 15) is 9.36 Å². The van der Waals surface area contributed by atoms with Crippen LogP contribution in [0.3, 0.4) is 0 Å². The fourth-order valence-electron chi connectivity index (χ4n) is 4.05. The average Bonchev–Trinajstić information content (AvgIpc) is 3.58.